The number of carbonyl (C=O) groups is 1. The van der Waals surface area contributed by atoms with Gasteiger partial charge in [-0.25, -0.2) is 0 Å². The predicted molar refractivity (Wildman–Crippen MR) is 118 cm³/mol. The molecule has 1 aromatic heterocycles. The summed E-state index contributed by atoms with van der Waals surface area (Å²) in [4.78, 5) is 14.8. The highest BCUT2D eigenvalue weighted by Crippen LogP contribution is 2.23. The Balaban J connectivity index is 1.23. The molecule has 3 aromatic rings. The molecule has 1 aliphatic heterocycles. The zero-order valence-corrected chi connectivity index (χ0v) is 17.9. The number of aromatic nitrogens is 2. The molecule has 2 aromatic carbocycles. The third-order valence-electron chi connectivity index (χ3n) is 5.54. The Labute approximate surface area is 180 Å². The first kappa shape index (κ1) is 20.3. The molecule has 0 unspecified atom stereocenters. The normalized spacial score (nSPS) is 17.5. The zero-order valence-electron chi connectivity index (χ0n) is 16.3. The summed E-state index contributed by atoms with van der Waals surface area (Å²) in [5, 5.41) is 3.69. The van der Waals surface area contributed by atoms with E-state index in [2.05, 4.69) is 37.2 Å². The summed E-state index contributed by atoms with van der Waals surface area (Å²) in [5.41, 5.74) is 4.19. The number of amides is 1. The van der Waals surface area contributed by atoms with Gasteiger partial charge in [0.25, 0.3) is 0 Å². The summed E-state index contributed by atoms with van der Waals surface area (Å²) >= 11 is 7.41. The Kier molecular flexibility index (Phi) is 6.74. The fourth-order valence-corrected chi connectivity index (χ4v) is 4.69. The molecule has 1 N–H and O–H groups in total. The minimum atomic E-state index is 0.100. The number of piperidine rings is 1. The van der Waals surface area contributed by atoms with Crippen LogP contribution in [0.2, 0.25) is 5.02 Å². The van der Waals surface area contributed by atoms with E-state index in [0.717, 1.165) is 42.7 Å². The van der Waals surface area contributed by atoms with Crippen molar-refractivity contribution in [3.05, 3.63) is 58.6 Å². The summed E-state index contributed by atoms with van der Waals surface area (Å²) in [6, 6.07) is 14.0. The second-order valence-corrected chi connectivity index (χ2v) is 8.67. The topological polar surface area (TPSA) is 58.1 Å². The molecular formula is C22H25ClN4OS. The second kappa shape index (κ2) is 9.65. The van der Waals surface area contributed by atoms with Crippen molar-refractivity contribution in [3.8, 4) is 0 Å². The van der Waals surface area contributed by atoms with Gasteiger partial charge in [0.15, 0.2) is 0 Å². The molecule has 0 saturated carbocycles. The SMILES string of the molecule is O=C(CC[C@H]1CCCN(Cc2ccc3nsnc3c2)C1)NCc1ccccc1Cl. The summed E-state index contributed by atoms with van der Waals surface area (Å²) in [5.74, 6) is 0.669. The Hall–Kier alpha value is -2.02. The maximum absolute atomic E-state index is 12.3. The number of benzene rings is 2. The lowest BCUT2D eigenvalue weighted by Crippen LogP contribution is -2.35. The van der Waals surface area contributed by atoms with Crippen molar-refractivity contribution in [3.63, 3.8) is 0 Å². The molecule has 5 nitrogen and oxygen atoms in total. The van der Waals surface area contributed by atoms with Crippen LogP contribution in [0.4, 0.5) is 0 Å². The monoisotopic (exact) mass is 428 g/mol. The number of hydrogen-bond acceptors (Lipinski definition) is 5. The van der Waals surface area contributed by atoms with E-state index in [-0.39, 0.29) is 5.91 Å². The van der Waals surface area contributed by atoms with Gasteiger partial charge in [-0.15, -0.1) is 0 Å². The first-order valence-corrected chi connectivity index (χ1v) is 11.2. The van der Waals surface area contributed by atoms with Crippen LogP contribution in [0.5, 0.6) is 0 Å². The lowest BCUT2D eigenvalue weighted by atomic mass is 9.93. The van der Waals surface area contributed by atoms with Gasteiger partial charge < -0.3 is 5.32 Å². The highest BCUT2D eigenvalue weighted by atomic mass is 35.5. The van der Waals surface area contributed by atoms with Gasteiger partial charge in [0.05, 0.1) is 11.7 Å². The van der Waals surface area contributed by atoms with E-state index in [1.54, 1.807) is 0 Å². The summed E-state index contributed by atoms with van der Waals surface area (Å²) in [6.07, 6.45) is 3.88. The van der Waals surface area contributed by atoms with E-state index in [1.165, 1.54) is 30.1 Å². The number of hydrogen-bond donors (Lipinski definition) is 1. The number of likely N-dealkylation sites (tertiary alicyclic amines) is 1. The van der Waals surface area contributed by atoms with Gasteiger partial charge in [-0.3, -0.25) is 9.69 Å². The third-order valence-corrected chi connectivity index (χ3v) is 6.47. The molecule has 0 radical (unpaired) electrons. The van der Waals surface area contributed by atoms with Crippen molar-refractivity contribution in [2.24, 2.45) is 5.92 Å². The Morgan fingerprint density at radius 3 is 2.97 bits per heavy atom. The smallest absolute Gasteiger partial charge is 0.220 e. The fraction of sp³-hybridized carbons (Fsp3) is 0.409. The molecule has 0 spiro atoms. The van der Waals surface area contributed by atoms with Crippen LogP contribution in [0.15, 0.2) is 42.5 Å². The van der Waals surface area contributed by atoms with Gasteiger partial charge in [-0.2, -0.15) is 8.75 Å². The molecule has 2 heterocycles. The molecular weight excluding hydrogens is 404 g/mol. The predicted octanol–water partition coefficient (Wildman–Crippen LogP) is 4.65. The van der Waals surface area contributed by atoms with Gasteiger partial charge in [0.2, 0.25) is 5.91 Å². The molecule has 1 saturated heterocycles. The van der Waals surface area contributed by atoms with E-state index in [4.69, 9.17) is 11.6 Å². The third kappa shape index (κ3) is 5.53. The Bertz CT molecular complexity index is 976. The second-order valence-electron chi connectivity index (χ2n) is 7.74. The lowest BCUT2D eigenvalue weighted by molar-refractivity contribution is -0.121. The van der Waals surface area contributed by atoms with Crippen LogP contribution < -0.4 is 5.32 Å². The Morgan fingerprint density at radius 2 is 2.07 bits per heavy atom. The summed E-state index contributed by atoms with van der Waals surface area (Å²) in [7, 11) is 0. The summed E-state index contributed by atoms with van der Waals surface area (Å²) in [6.45, 7) is 3.58. The van der Waals surface area contributed by atoms with Crippen molar-refractivity contribution in [2.75, 3.05) is 13.1 Å². The van der Waals surface area contributed by atoms with Crippen LogP contribution in [0.25, 0.3) is 11.0 Å². The molecule has 1 aliphatic rings. The van der Waals surface area contributed by atoms with Crippen molar-refractivity contribution in [1.82, 2.24) is 19.0 Å². The van der Waals surface area contributed by atoms with Crippen molar-refractivity contribution in [1.29, 1.82) is 0 Å². The van der Waals surface area contributed by atoms with Crippen molar-refractivity contribution >= 4 is 40.3 Å². The van der Waals surface area contributed by atoms with Crippen LogP contribution in [0.1, 0.15) is 36.8 Å². The number of nitrogens with one attached hydrogen (secondary N) is 1. The van der Waals surface area contributed by atoms with Crippen LogP contribution in [-0.2, 0) is 17.9 Å². The lowest BCUT2D eigenvalue weighted by Gasteiger charge is -2.32. The number of halogens is 1. The average Bonchev–Trinajstić information content (AvgIpc) is 3.20. The highest BCUT2D eigenvalue weighted by molar-refractivity contribution is 7.00. The quantitative estimate of drug-likeness (QED) is 0.594. The summed E-state index contributed by atoms with van der Waals surface area (Å²) < 4.78 is 8.61. The number of nitrogens with zero attached hydrogens (tertiary/aromatic N) is 3. The maximum Gasteiger partial charge on any atom is 0.220 e. The minimum Gasteiger partial charge on any atom is -0.352 e. The molecule has 1 fully saturated rings. The maximum atomic E-state index is 12.3. The number of fused-ring (bicyclic) bond motifs is 1. The fourth-order valence-electron chi connectivity index (χ4n) is 3.97. The van der Waals surface area contributed by atoms with Crippen LogP contribution in [0, 0.1) is 5.92 Å². The molecule has 1 amide bonds. The zero-order chi connectivity index (χ0) is 20.1. The van der Waals surface area contributed by atoms with Crippen LogP contribution in [-0.4, -0.2) is 32.6 Å². The standard InChI is InChI=1S/C22H25ClN4OS/c23-19-6-2-1-5-18(19)13-24-22(28)10-8-16-4-3-11-27(14-16)15-17-7-9-20-21(12-17)26-29-25-20/h1-2,5-7,9,12,16H,3-4,8,10-11,13-15H2,(H,24,28)/t16-/m1/s1. The van der Waals surface area contributed by atoms with E-state index in [9.17, 15) is 4.79 Å². The molecule has 0 bridgehead atoms. The first-order valence-electron chi connectivity index (χ1n) is 10.1. The van der Waals surface area contributed by atoms with E-state index in [0.29, 0.717) is 23.9 Å². The molecule has 7 heteroatoms. The highest BCUT2D eigenvalue weighted by Gasteiger charge is 2.21. The van der Waals surface area contributed by atoms with Gasteiger partial charge in [0.1, 0.15) is 11.0 Å². The van der Waals surface area contributed by atoms with E-state index >= 15 is 0 Å². The number of carbonyl (C=O) groups excluding carboxylic acids is 1. The van der Waals surface area contributed by atoms with Crippen LogP contribution in [0.3, 0.4) is 0 Å². The van der Waals surface area contributed by atoms with Gasteiger partial charge >= 0.3 is 0 Å². The van der Waals surface area contributed by atoms with Crippen molar-refractivity contribution < 1.29 is 4.79 Å². The molecule has 29 heavy (non-hydrogen) atoms. The average molecular weight is 429 g/mol. The Morgan fingerprint density at radius 1 is 1.21 bits per heavy atom. The van der Waals surface area contributed by atoms with Gasteiger partial charge in [-0.05, 0) is 61.1 Å². The van der Waals surface area contributed by atoms with Crippen molar-refractivity contribution in [2.45, 2.75) is 38.8 Å². The number of rotatable bonds is 7. The molecule has 152 valence electrons. The molecule has 4 rings (SSSR count). The molecule has 1 atom stereocenters. The molecule has 0 aliphatic carbocycles. The van der Waals surface area contributed by atoms with E-state index in [1.807, 2.05) is 24.3 Å². The largest absolute Gasteiger partial charge is 0.352 e. The first-order chi connectivity index (χ1) is 14.2. The van der Waals surface area contributed by atoms with E-state index < -0.39 is 0 Å². The van der Waals surface area contributed by atoms with Gasteiger partial charge in [-0.1, -0.05) is 35.9 Å². The van der Waals surface area contributed by atoms with Crippen LogP contribution >= 0.6 is 23.3 Å². The van der Waals surface area contributed by atoms with Gasteiger partial charge in [0, 0.05) is 31.1 Å². The minimum absolute atomic E-state index is 0.100.